The summed E-state index contributed by atoms with van der Waals surface area (Å²) in [5.74, 6) is 4.16. The van der Waals surface area contributed by atoms with Gasteiger partial charge in [-0.2, -0.15) is 0 Å². The van der Waals surface area contributed by atoms with Crippen LogP contribution in [0.1, 0.15) is 98.0 Å². The number of hydrogen-bond acceptors (Lipinski definition) is 7. The molecule has 0 heterocycles. The summed E-state index contributed by atoms with van der Waals surface area (Å²) >= 11 is 0. The molecule has 6 bridgehead atoms. The fraction of sp³-hybridized carbons (Fsp3) is 0.605. The summed E-state index contributed by atoms with van der Waals surface area (Å²) in [6.45, 7) is 9.60. The minimum absolute atomic E-state index is 0.0473. The van der Waals surface area contributed by atoms with Crippen LogP contribution in [0.2, 0.25) is 0 Å². The molecule has 0 radical (unpaired) electrons. The van der Waals surface area contributed by atoms with E-state index in [-0.39, 0.29) is 48.2 Å². The molecule has 0 amide bonds. The minimum Gasteiger partial charge on any atom is -0.478 e. The Hall–Kier alpha value is -3.35. The molecule has 0 saturated heterocycles. The number of carbonyl (C=O) groups is 3. The number of Topliss-reactive ketones (excluding diaryl/α,β-unsaturated/α-hetero) is 2. The van der Waals surface area contributed by atoms with Gasteiger partial charge in [0.2, 0.25) is 0 Å². The van der Waals surface area contributed by atoms with Crippen LogP contribution in [-0.2, 0) is 14.4 Å². The monoisotopic (exact) mass is 698 g/mol. The van der Waals surface area contributed by atoms with E-state index < -0.39 is 63.9 Å². The summed E-state index contributed by atoms with van der Waals surface area (Å²) in [5.41, 5.74) is -1.30. The van der Waals surface area contributed by atoms with E-state index in [1.807, 2.05) is 56.3 Å². The van der Waals surface area contributed by atoms with Gasteiger partial charge in [0.15, 0.2) is 5.78 Å². The number of carboxylic acids is 1. The van der Waals surface area contributed by atoms with Crippen molar-refractivity contribution in [1.82, 2.24) is 0 Å². The third-order valence-electron chi connectivity index (χ3n) is 14.0. The van der Waals surface area contributed by atoms with Gasteiger partial charge < -0.3 is 25.5 Å². The van der Waals surface area contributed by atoms with Crippen molar-refractivity contribution in [3.63, 3.8) is 0 Å². The Morgan fingerprint density at radius 3 is 2.39 bits per heavy atom. The SMILES string of the molecule is CC(O)CC(=CC(O)CC(C)C1CC(O)C23CCC#CCC4(C)C(=O)CCC5(C)C(=C2C(O)C(C=Cc2ccccc2)C45)C(=O)CC13C)C(=O)O. The molecule has 12 atom stereocenters. The van der Waals surface area contributed by atoms with Crippen LogP contribution in [0.15, 0.2) is 59.2 Å². The van der Waals surface area contributed by atoms with Gasteiger partial charge in [-0.15, -0.1) is 11.8 Å². The number of allylic oxidation sites excluding steroid dienone is 1. The Balaban J connectivity index is 1.50. The number of aliphatic carboxylic acids is 1. The largest absolute Gasteiger partial charge is 0.478 e. The molecule has 2 saturated carbocycles. The number of rotatable bonds is 9. The van der Waals surface area contributed by atoms with Crippen LogP contribution in [0.3, 0.4) is 0 Å². The second-order valence-corrected chi connectivity index (χ2v) is 17.0. The average molecular weight is 699 g/mol. The highest BCUT2D eigenvalue weighted by Gasteiger charge is 2.73. The Labute approximate surface area is 301 Å². The summed E-state index contributed by atoms with van der Waals surface area (Å²) in [4.78, 5) is 40.7. The summed E-state index contributed by atoms with van der Waals surface area (Å²) in [6, 6.07) is 9.82. The van der Waals surface area contributed by atoms with Gasteiger partial charge in [-0.3, -0.25) is 9.59 Å². The Morgan fingerprint density at radius 1 is 1.02 bits per heavy atom. The second kappa shape index (κ2) is 13.6. The first-order valence-electron chi connectivity index (χ1n) is 18.7. The highest BCUT2D eigenvalue weighted by molar-refractivity contribution is 6.01. The number of aliphatic hydroxyl groups excluding tert-OH is 4. The fourth-order valence-corrected chi connectivity index (χ4v) is 11.9. The molecule has 12 unspecified atom stereocenters. The lowest BCUT2D eigenvalue weighted by Crippen LogP contribution is -2.64. The lowest BCUT2D eigenvalue weighted by atomic mass is 9.39. The molecule has 0 aromatic heterocycles. The van der Waals surface area contributed by atoms with Crippen molar-refractivity contribution in [2.45, 2.75) is 117 Å². The third-order valence-corrected chi connectivity index (χ3v) is 14.0. The summed E-state index contributed by atoms with van der Waals surface area (Å²) in [6.07, 6.45) is 3.87. The summed E-state index contributed by atoms with van der Waals surface area (Å²) in [7, 11) is 0. The van der Waals surface area contributed by atoms with E-state index >= 15 is 0 Å². The van der Waals surface area contributed by atoms with E-state index in [0.29, 0.717) is 49.7 Å². The molecule has 8 nitrogen and oxygen atoms in total. The van der Waals surface area contributed by atoms with Gasteiger partial charge >= 0.3 is 5.97 Å². The fourth-order valence-electron chi connectivity index (χ4n) is 11.9. The number of hydrogen-bond donors (Lipinski definition) is 5. The Bertz CT molecular complexity index is 1730. The highest BCUT2D eigenvalue weighted by Crippen LogP contribution is 2.74. The van der Waals surface area contributed by atoms with Crippen LogP contribution in [0.4, 0.5) is 0 Å². The standard InChI is InChI=1S/C43H54O8/c1-25(20-29(45)22-28(39(50)51)21-26(2)44)31-23-34(48)43-18-11-7-10-17-40(3)33(47)16-19-41(4)35(32(46)24-42(31,43)5)36(43)37(49)30(38(40)41)15-14-27-12-8-6-9-13-27/h6,8-9,12-15,22,25-26,29-31,34,37-38,44-45,48-49H,11,16-21,23-24H2,1-5H3,(H,50,51). The zero-order chi connectivity index (χ0) is 37.1. The van der Waals surface area contributed by atoms with Gasteiger partial charge in [-0.1, -0.05) is 70.2 Å². The van der Waals surface area contributed by atoms with Gasteiger partial charge in [0.05, 0.1) is 24.4 Å². The van der Waals surface area contributed by atoms with E-state index in [9.17, 15) is 39.9 Å². The van der Waals surface area contributed by atoms with Gasteiger partial charge in [0.25, 0.3) is 0 Å². The first-order chi connectivity index (χ1) is 24.0. The summed E-state index contributed by atoms with van der Waals surface area (Å²) in [5, 5.41) is 56.0. The maximum atomic E-state index is 14.9. The molecule has 1 aromatic rings. The zero-order valence-corrected chi connectivity index (χ0v) is 30.6. The predicted molar refractivity (Wildman–Crippen MR) is 194 cm³/mol. The maximum absolute atomic E-state index is 14.9. The molecule has 6 rings (SSSR count). The molecular formula is C43H54O8. The van der Waals surface area contributed by atoms with Crippen molar-refractivity contribution in [2.75, 3.05) is 0 Å². The van der Waals surface area contributed by atoms with Gasteiger partial charge in [0.1, 0.15) is 5.78 Å². The molecule has 1 aromatic carbocycles. The molecule has 5 aliphatic carbocycles. The number of carboxylic acid groups (broad SMARTS) is 1. The normalized spacial score (nSPS) is 39.5. The van der Waals surface area contributed by atoms with Crippen molar-refractivity contribution in [1.29, 1.82) is 0 Å². The molecule has 2 fully saturated rings. The molecule has 1 spiro atoms. The molecule has 0 aliphatic heterocycles. The van der Waals surface area contributed by atoms with E-state index in [1.165, 1.54) is 13.0 Å². The van der Waals surface area contributed by atoms with Crippen molar-refractivity contribution in [3.05, 3.63) is 64.8 Å². The van der Waals surface area contributed by atoms with Crippen molar-refractivity contribution < 1.29 is 39.9 Å². The zero-order valence-electron chi connectivity index (χ0n) is 30.6. The number of benzene rings is 1. The van der Waals surface area contributed by atoms with Crippen LogP contribution in [0.25, 0.3) is 6.08 Å². The molecule has 51 heavy (non-hydrogen) atoms. The number of carbonyl (C=O) groups excluding carboxylic acids is 2. The number of ketones is 2. The molecule has 274 valence electrons. The molecule has 5 aliphatic rings. The summed E-state index contributed by atoms with van der Waals surface area (Å²) < 4.78 is 0. The maximum Gasteiger partial charge on any atom is 0.331 e. The quantitative estimate of drug-likeness (QED) is 0.163. The van der Waals surface area contributed by atoms with Crippen LogP contribution >= 0.6 is 0 Å². The molecular weight excluding hydrogens is 644 g/mol. The second-order valence-electron chi connectivity index (χ2n) is 17.0. The average Bonchev–Trinajstić information content (AvgIpc) is 3.27. The predicted octanol–water partition coefficient (Wildman–Crippen LogP) is 5.68. The first kappa shape index (κ1) is 37.4. The van der Waals surface area contributed by atoms with Gasteiger partial charge in [0, 0.05) is 65.4 Å². The van der Waals surface area contributed by atoms with Gasteiger partial charge in [-0.25, -0.2) is 4.79 Å². The highest BCUT2D eigenvalue weighted by atomic mass is 16.4. The van der Waals surface area contributed by atoms with E-state index in [2.05, 4.69) is 25.7 Å². The Kier molecular flexibility index (Phi) is 9.95. The van der Waals surface area contributed by atoms with Crippen molar-refractivity contribution >= 4 is 23.6 Å². The smallest absolute Gasteiger partial charge is 0.331 e. The third kappa shape index (κ3) is 5.89. The number of aliphatic hydroxyl groups is 4. The van der Waals surface area contributed by atoms with Crippen LogP contribution in [0.5, 0.6) is 0 Å². The lowest BCUT2D eigenvalue weighted by Gasteiger charge is -2.64. The van der Waals surface area contributed by atoms with Crippen LogP contribution < -0.4 is 0 Å². The van der Waals surface area contributed by atoms with Gasteiger partial charge in [-0.05, 0) is 73.0 Å². The van der Waals surface area contributed by atoms with E-state index in [0.717, 1.165) is 5.56 Å². The van der Waals surface area contributed by atoms with E-state index in [4.69, 9.17) is 0 Å². The topological polar surface area (TPSA) is 152 Å². The van der Waals surface area contributed by atoms with Crippen LogP contribution in [0, 0.1) is 57.2 Å². The van der Waals surface area contributed by atoms with Crippen molar-refractivity contribution in [2.24, 2.45) is 45.3 Å². The molecule has 5 N–H and O–H groups in total. The molecule has 8 heteroatoms. The van der Waals surface area contributed by atoms with E-state index in [1.54, 1.807) is 0 Å². The first-order valence-corrected chi connectivity index (χ1v) is 18.7. The van der Waals surface area contributed by atoms with Crippen molar-refractivity contribution in [3.8, 4) is 11.8 Å². The lowest BCUT2D eigenvalue weighted by molar-refractivity contribution is -0.153. The van der Waals surface area contributed by atoms with Crippen LogP contribution in [-0.4, -0.2) is 67.5 Å². The minimum atomic E-state index is -1.20. The Morgan fingerprint density at radius 2 is 1.73 bits per heavy atom.